The molecule has 0 aliphatic carbocycles. The van der Waals surface area contributed by atoms with E-state index in [1.54, 1.807) is 29.2 Å². The van der Waals surface area contributed by atoms with E-state index in [4.69, 9.17) is 4.74 Å². The molecule has 1 heterocycles. The average Bonchev–Trinajstić information content (AvgIpc) is 3.12. The van der Waals surface area contributed by atoms with Gasteiger partial charge in [-0.15, -0.1) is 0 Å². The third-order valence-corrected chi connectivity index (χ3v) is 4.75. The predicted molar refractivity (Wildman–Crippen MR) is 103 cm³/mol. The zero-order chi connectivity index (χ0) is 21.7. The first-order chi connectivity index (χ1) is 14.3. The summed E-state index contributed by atoms with van der Waals surface area (Å²) in [5.74, 6) is -1.06. The Balaban J connectivity index is 1.56. The minimum atomic E-state index is -2.95. The number of rotatable bonds is 8. The van der Waals surface area contributed by atoms with Crippen LogP contribution in [-0.4, -0.2) is 41.8 Å². The second-order valence-electron chi connectivity index (χ2n) is 6.93. The highest BCUT2D eigenvalue weighted by Gasteiger charge is 2.22. The summed E-state index contributed by atoms with van der Waals surface area (Å²) < 4.78 is 33.9. The number of likely N-dealkylation sites (tertiary alicyclic amines) is 1. The molecule has 1 amide bonds. The fraction of sp³-hybridized carbons (Fsp3) is 0.318. The number of carbonyl (C=O) groups excluding carboxylic acids is 3. The number of esters is 1. The lowest BCUT2D eigenvalue weighted by Crippen LogP contribution is -2.25. The molecule has 1 fully saturated rings. The van der Waals surface area contributed by atoms with Crippen LogP contribution in [0.1, 0.15) is 46.0 Å². The minimum absolute atomic E-state index is 0.0677. The van der Waals surface area contributed by atoms with E-state index in [-0.39, 0.29) is 22.8 Å². The third kappa shape index (κ3) is 5.40. The fourth-order valence-electron chi connectivity index (χ4n) is 3.16. The number of amides is 1. The summed E-state index contributed by atoms with van der Waals surface area (Å²) >= 11 is 0. The first-order valence-electron chi connectivity index (χ1n) is 9.50. The summed E-state index contributed by atoms with van der Waals surface area (Å²) in [6, 6.07) is 11.8. The molecule has 1 aliphatic rings. The maximum atomic E-state index is 12.4. The molecule has 0 bridgehead atoms. The molecular weight excluding hydrogens is 396 g/mol. The molecule has 0 saturated carbocycles. The Bertz CT molecular complexity index is 912. The van der Waals surface area contributed by atoms with Gasteiger partial charge in [0.05, 0.1) is 5.56 Å². The van der Waals surface area contributed by atoms with Crippen molar-refractivity contribution in [2.75, 3.05) is 6.54 Å². The highest BCUT2D eigenvalue weighted by atomic mass is 19.3. The normalized spacial score (nSPS) is 14.7. The van der Waals surface area contributed by atoms with Crippen LogP contribution in [0, 0.1) is 0 Å². The predicted octanol–water partition coefficient (Wildman–Crippen LogP) is 3.84. The second-order valence-corrected chi connectivity index (χ2v) is 6.93. The number of alkyl halides is 2. The lowest BCUT2D eigenvalue weighted by Gasteiger charge is -2.16. The summed E-state index contributed by atoms with van der Waals surface area (Å²) in [6.07, 6.45) is 0.372. The van der Waals surface area contributed by atoms with Crippen LogP contribution in [0.15, 0.2) is 48.5 Å². The first-order valence-corrected chi connectivity index (χ1v) is 9.50. The van der Waals surface area contributed by atoms with E-state index < -0.39 is 24.5 Å². The molecule has 0 radical (unpaired) electrons. The van der Waals surface area contributed by atoms with Crippen molar-refractivity contribution in [2.24, 2.45) is 0 Å². The number of hydrogen-bond acceptors (Lipinski definition) is 5. The number of ketones is 1. The van der Waals surface area contributed by atoms with Crippen molar-refractivity contribution in [3.63, 3.8) is 0 Å². The lowest BCUT2D eigenvalue weighted by atomic mass is 10.1. The molecule has 1 saturated heterocycles. The molecule has 1 atom stereocenters. The Morgan fingerprint density at radius 3 is 2.23 bits per heavy atom. The van der Waals surface area contributed by atoms with Crippen LogP contribution in [0.25, 0.3) is 0 Å². The maximum Gasteiger partial charge on any atom is 0.387 e. The van der Waals surface area contributed by atoms with E-state index in [2.05, 4.69) is 4.74 Å². The van der Waals surface area contributed by atoms with E-state index in [1.807, 2.05) is 0 Å². The Labute approximate surface area is 172 Å². The van der Waals surface area contributed by atoms with Crippen molar-refractivity contribution in [2.45, 2.75) is 39.0 Å². The van der Waals surface area contributed by atoms with Gasteiger partial charge in [-0.2, -0.15) is 8.78 Å². The molecule has 2 aromatic rings. The smallest absolute Gasteiger partial charge is 0.387 e. The van der Waals surface area contributed by atoms with E-state index in [9.17, 15) is 23.2 Å². The van der Waals surface area contributed by atoms with Crippen molar-refractivity contribution in [1.29, 1.82) is 0 Å². The van der Waals surface area contributed by atoms with Gasteiger partial charge in [-0.3, -0.25) is 9.59 Å². The number of halogens is 2. The molecule has 0 unspecified atom stereocenters. The van der Waals surface area contributed by atoms with Crippen LogP contribution in [0.3, 0.4) is 0 Å². The molecule has 1 aliphatic heterocycles. The highest BCUT2D eigenvalue weighted by molar-refractivity contribution is 6.01. The molecule has 0 N–H and O–H groups in total. The first kappa shape index (κ1) is 21.4. The standard InChI is InChI=1S/C22H21F2NO5/c1-14(20(27)16-8-10-18(11-9-16)30-22(23)24)29-21(28)17-6-4-15(5-7-17)13-25-12-2-3-19(25)26/h4-11,14,22H,2-3,12-13H2,1H3/t14-/m0/s1. The van der Waals surface area contributed by atoms with Gasteiger partial charge < -0.3 is 14.4 Å². The van der Waals surface area contributed by atoms with E-state index in [1.165, 1.54) is 31.2 Å². The Morgan fingerprint density at radius 2 is 1.67 bits per heavy atom. The van der Waals surface area contributed by atoms with E-state index >= 15 is 0 Å². The van der Waals surface area contributed by atoms with Crippen molar-refractivity contribution in [1.82, 2.24) is 4.90 Å². The SMILES string of the molecule is C[C@H](OC(=O)c1ccc(CN2CCCC2=O)cc1)C(=O)c1ccc(OC(F)F)cc1. The molecule has 6 nitrogen and oxygen atoms in total. The molecule has 3 rings (SSSR count). The third-order valence-electron chi connectivity index (χ3n) is 4.75. The van der Waals surface area contributed by atoms with Gasteiger partial charge in [0.1, 0.15) is 5.75 Å². The summed E-state index contributed by atoms with van der Waals surface area (Å²) in [5, 5.41) is 0. The van der Waals surface area contributed by atoms with Crippen molar-refractivity contribution < 1.29 is 32.6 Å². The average molecular weight is 417 g/mol. The van der Waals surface area contributed by atoms with Crippen molar-refractivity contribution in [3.05, 3.63) is 65.2 Å². The highest BCUT2D eigenvalue weighted by Crippen LogP contribution is 2.18. The summed E-state index contributed by atoms with van der Waals surface area (Å²) in [4.78, 5) is 38.2. The van der Waals surface area contributed by atoms with Crippen LogP contribution in [-0.2, 0) is 16.1 Å². The molecule has 0 aromatic heterocycles. The van der Waals surface area contributed by atoms with Gasteiger partial charge in [0.25, 0.3) is 0 Å². The van der Waals surface area contributed by atoms with Gasteiger partial charge in [0.2, 0.25) is 11.7 Å². The molecule has 30 heavy (non-hydrogen) atoms. The summed E-state index contributed by atoms with van der Waals surface area (Å²) in [5.41, 5.74) is 1.39. The number of carbonyl (C=O) groups is 3. The number of nitrogens with zero attached hydrogens (tertiary/aromatic N) is 1. The molecule has 158 valence electrons. The largest absolute Gasteiger partial charge is 0.451 e. The van der Waals surface area contributed by atoms with Gasteiger partial charge in [-0.05, 0) is 55.3 Å². The number of Topliss-reactive ketones (excluding diaryl/α,β-unsaturated/α-hetero) is 1. The summed E-state index contributed by atoms with van der Waals surface area (Å²) in [6.45, 7) is -0.281. The minimum Gasteiger partial charge on any atom is -0.451 e. The Kier molecular flexibility index (Phi) is 6.76. The monoisotopic (exact) mass is 417 g/mol. The Morgan fingerprint density at radius 1 is 1.03 bits per heavy atom. The lowest BCUT2D eigenvalue weighted by molar-refractivity contribution is -0.128. The number of ether oxygens (including phenoxy) is 2. The van der Waals surface area contributed by atoms with Crippen LogP contribution >= 0.6 is 0 Å². The van der Waals surface area contributed by atoms with Crippen LogP contribution in [0.4, 0.5) is 8.78 Å². The van der Waals surface area contributed by atoms with Crippen molar-refractivity contribution >= 4 is 17.7 Å². The van der Waals surface area contributed by atoms with Gasteiger partial charge in [-0.25, -0.2) is 4.79 Å². The maximum absolute atomic E-state index is 12.4. The summed E-state index contributed by atoms with van der Waals surface area (Å²) in [7, 11) is 0. The van der Waals surface area contributed by atoms with Gasteiger partial charge >= 0.3 is 12.6 Å². The fourth-order valence-corrected chi connectivity index (χ4v) is 3.16. The zero-order valence-electron chi connectivity index (χ0n) is 16.3. The van der Waals surface area contributed by atoms with Crippen LogP contribution in [0.2, 0.25) is 0 Å². The quantitative estimate of drug-likeness (QED) is 0.482. The molecular formula is C22H21F2NO5. The topological polar surface area (TPSA) is 72.9 Å². The zero-order valence-corrected chi connectivity index (χ0v) is 16.3. The van der Waals surface area contributed by atoms with E-state index in [0.29, 0.717) is 13.0 Å². The molecule has 8 heteroatoms. The molecule has 2 aromatic carbocycles. The number of hydrogen-bond donors (Lipinski definition) is 0. The number of benzene rings is 2. The second kappa shape index (κ2) is 9.47. The van der Waals surface area contributed by atoms with Crippen molar-refractivity contribution in [3.8, 4) is 5.75 Å². The van der Waals surface area contributed by atoms with Gasteiger partial charge in [0.15, 0.2) is 6.10 Å². The Hall–Kier alpha value is -3.29. The molecule has 0 spiro atoms. The van der Waals surface area contributed by atoms with Crippen LogP contribution < -0.4 is 4.74 Å². The van der Waals surface area contributed by atoms with E-state index in [0.717, 1.165) is 18.5 Å². The van der Waals surface area contributed by atoms with Gasteiger partial charge in [0, 0.05) is 25.1 Å². The van der Waals surface area contributed by atoms with Crippen LogP contribution in [0.5, 0.6) is 5.75 Å². The van der Waals surface area contributed by atoms with Gasteiger partial charge in [-0.1, -0.05) is 12.1 Å².